The fourth-order valence-corrected chi connectivity index (χ4v) is 3.08. The number of benzene rings is 2. The molecule has 138 valence electrons. The number of hydrogen-bond acceptors (Lipinski definition) is 6. The van der Waals surface area contributed by atoms with Crippen molar-refractivity contribution in [2.45, 2.75) is 32.2 Å². The molecule has 2 aromatic carbocycles. The van der Waals surface area contributed by atoms with Gasteiger partial charge in [0.1, 0.15) is 11.8 Å². The van der Waals surface area contributed by atoms with Crippen molar-refractivity contribution in [1.29, 1.82) is 5.26 Å². The van der Waals surface area contributed by atoms with Gasteiger partial charge in [0.05, 0.1) is 12.2 Å². The quantitative estimate of drug-likeness (QED) is 0.752. The lowest BCUT2D eigenvalue weighted by atomic mass is 10.0. The third-order valence-electron chi connectivity index (χ3n) is 4.39. The van der Waals surface area contributed by atoms with E-state index in [-0.39, 0.29) is 6.04 Å². The first-order valence-electron chi connectivity index (χ1n) is 9.00. The van der Waals surface area contributed by atoms with Crippen LogP contribution in [0.1, 0.15) is 42.5 Å². The first-order valence-corrected chi connectivity index (χ1v) is 9.00. The monoisotopic (exact) mass is 362 g/mol. The average Bonchev–Trinajstić information content (AvgIpc) is 3.37. The zero-order valence-electron chi connectivity index (χ0n) is 15.3. The van der Waals surface area contributed by atoms with Crippen molar-refractivity contribution >= 4 is 0 Å². The van der Waals surface area contributed by atoms with Crippen LogP contribution in [0.2, 0.25) is 0 Å². The molecule has 6 heteroatoms. The van der Waals surface area contributed by atoms with Crippen LogP contribution in [0.5, 0.6) is 5.75 Å². The molecule has 1 atom stereocenters. The maximum atomic E-state index is 8.69. The summed E-state index contributed by atoms with van der Waals surface area (Å²) in [5, 5.41) is 12.5. The van der Waals surface area contributed by atoms with Crippen molar-refractivity contribution < 1.29 is 9.26 Å². The van der Waals surface area contributed by atoms with Crippen molar-refractivity contribution in [3.05, 3.63) is 65.5 Å². The van der Waals surface area contributed by atoms with Crippen molar-refractivity contribution in [2.24, 2.45) is 5.73 Å². The van der Waals surface area contributed by atoms with E-state index < -0.39 is 0 Å². The van der Waals surface area contributed by atoms with Gasteiger partial charge >= 0.3 is 0 Å². The number of fused-ring (bicyclic) bond motifs is 1. The van der Waals surface area contributed by atoms with Gasteiger partial charge in [-0.3, -0.25) is 0 Å². The Bertz CT molecular complexity index is 916. The lowest BCUT2D eigenvalue weighted by molar-refractivity contribution is 0.316. The van der Waals surface area contributed by atoms with E-state index >= 15 is 0 Å². The Hall–Kier alpha value is -3.17. The number of ether oxygens (including phenoxy) is 1. The third kappa shape index (κ3) is 4.33. The standard InChI is InChI=1S/C11H11N3O.C10H11NO/c12-10-5-4-7-8(10)2-1-3-9(7)11-13-6-15-14-11;1-2-7-12-10-6-4-3-5-9(10)8-11/h1-3,6,10H,4-5,12H2;3-6H,2,7H2,1H3. The SMILES string of the molecule is CCCOc1ccccc1C#N.NC1CCc2c(-c3ncon3)cccc21. The molecule has 1 heterocycles. The molecule has 27 heavy (non-hydrogen) atoms. The van der Waals surface area contributed by atoms with E-state index in [1.165, 1.54) is 17.5 Å². The molecule has 2 N–H and O–H groups in total. The first kappa shape index (κ1) is 18.6. The predicted molar refractivity (Wildman–Crippen MR) is 102 cm³/mol. The Morgan fingerprint density at radius 3 is 2.85 bits per heavy atom. The summed E-state index contributed by atoms with van der Waals surface area (Å²) in [5.41, 5.74) is 10.1. The molecule has 1 aliphatic rings. The summed E-state index contributed by atoms with van der Waals surface area (Å²) in [4.78, 5) is 4.07. The van der Waals surface area contributed by atoms with Gasteiger partial charge in [-0.05, 0) is 42.5 Å². The minimum atomic E-state index is 0.159. The van der Waals surface area contributed by atoms with Crippen LogP contribution in [0.15, 0.2) is 53.4 Å². The van der Waals surface area contributed by atoms with Crippen LogP contribution in [0.3, 0.4) is 0 Å². The summed E-state index contributed by atoms with van der Waals surface area (Å²) in [6, 6.07) is 15.6. The normalized spacial score (nSPS) is 14.6. The fraction of sp³-hybridized carbons (Fsp3) is 0.286. The summed E-state index contributed by atoms with van der Waals surface area (Å²) in [6.07, 6.45) is 4.31. The fourth-order valence-electron chi connectivity index (χ4n) is 3.08. The first-order chi connectivity index (χ1) is 13.2. The molecule has 4 rings (SSSR count). The maximum Gasteiger partial charge on any atom is 0.214 e. The van der Waals surface area contributed by atoms with E-state index in [1.54, 1.807) is 6.07 Å². The van der Waals surface area contributed by atoms with Crippen molar-refractivity contribution in [2.75, 3.05) is 6.61 Å². The zero-order chi connectivity index (χ0) is 19.1. The smallest absolute Gasteiger partial charge is 0.214 e. The largest absolute Gasteiger partial charge is 0.492 e. The highest BCUT2D eigenvalue weighted by atomic mass is 16.5. The van der Waals surface area contributed by atoms with E-state index in [9.17, 15) is 0 Å². The molecule has 0 saturated carbocycles. The van der Waals surface area contributed by atoms with E-state index in [0.29, 0.717) is 23.7 Å². The van der Waals surface area contributed by atoms with Crippen LogP contribution in [0.4, 0.5) is 0 Å². The van der Waals surface area contributed by atoms with Crippen LogP contribution >= 0.6 is 0 Å². The summed E-state index contributed by atoms with van der Waals surface area (Å²) in [5.74, 6) is 1.34. The summed E-state index contributed by atoms with van der Waals surface area (Å²) >= 11 is 0. The third-order valence-corrected chi connectivity index (χ3v) is 4.39. The lowest BCUT2D eigenvalue weighted by Crippen LogP contribution is -2.04. The highest BCUT2D eigenvalue weighted by Crippen LogP contribution is 2.35. The summed E-state index contributed by atoms with van der Waals surface area (Å²) in [6.45, 7) is 2.70. The minimum absolute atomic E-state index is 0.159. The van der Waals surface area contributed by atoms with Crippen LogP contribution in [0, 0.1) is 11.3 Å². The van der Waals surface area contributed by atoms with Gasteiger partial charge in [-0.2, -0.15) is 10.2 Å². The molecular weight excluding hydrogens is 340 g/mol. The van der Waals surface area contributed by atoms with Crippen molar-refractivity contribution in [1.82, 2.24) is 10.1 Å². The highest BCUT2D eigenvalue weighted by molar-refractivity contribution is 5.63. The van der Waals surface area contributed by atoms with Crippen LogP contribution < -0.4 is 10.5 Å². The minimum Gasteiger partial charge on any atom is -0.492 e. The van der Waals surface area contributed by atoms with Gasteiger partial charge in [0.25, 0.3) is 0 Å². The van der Waals surface area contributed by atoms with Gasteiger partial charge in [0.15, 0.2) is 0 Å². The average molecular weight is 362 g/mol. The highest BCUT2D eigenvalue weighted by Gasteiger charge is 2.23. The zero-order valence-corrected chi connectivity index (χ0v) is 15.3. The predicted octanol–water partition coefficient (Wildman–Crippen LogP) is 4.03. The molecule has 0 radical (unpaired) electrons. The second-order valence-corrected chi connectivity index (χ2v) is 6.23. The number of para-hydroxylation sites is 1. The molecule has 6 nitrogen and oxygen atoms in total. The van der Waals surface area contributed by atoms with Gasteiger partial charge in [-0.25, -0.2) is 0 Å². The Morgan fingerprint density at radius 1 is 1.26 bits per heavy atom. The molecule has 0 fully saturated rings. The number of nitrogens with two attached hydrogens (primary N) is 1. The molecule has 1 unspecified atom stereocenters. The second kappa shape index (κ2) is 8.97. The Morgan fingerprint density at radius 2 is 2.11 bits per heavy atom. The summed E-state index contributed by atoms with van der Waals surface area (Å²) < 4.78 is 10.1. The molecule has 0 aliphatic heterocycles. The van der Waals surface area contributed by atoms with E-state index in [0.717, 1.165) is 24.8 Å². The molecular formula is C21H22N4O2. The van der Waals surface area contributed by atoms with Crippen LogP contribution in [-0.4, -0.2) is 16.7 Å². The van der Waals surface area contributed by atoms with Gasteiger partial charge in [-0.1, -0.05) is 42.4 Å². The molecule has 0 amide bonds. The van der Waals surface area contributed by atoms with Gasteiger partial charge in [0, 0.05) is 11.6 Å². The van der Waals surface area contributed by atoms with E-state index in [2.05, 4.69) is 22.3 Å². The van der Waals surface area contributed by atoms with Crippen LogP contribution in [-0.2, 0) is 6.42 Å². The number of nitriles is 1. The Kier molecular flexibility index (Phi) is 6.18. The Labute approximate surface area is 158 Å². The van der Waals surface area contributed by atoms with E-state index in [4.69, 9.17) is 20.3 Å². The molecule has 0 saturated heterocycles. The van der Waals surface area contributed by atoms with Crippen molar-refractivity contribution in [3.63, 3.8) is 0 Å². The second-order valence-electron chi connectivity index (χ2n) is 6.23. The molecule has 1 aromatic heterocycles. The Balaban J connectivity index is 0.000000161. The number of hydrogen-bond donors (Lipinski definition) is 1. The molecule has 1 aliphatic carbocycles. The van der Waals surface area contributed by atoms with Crippen LogP contribution in [0.25, 0.3) is 11.4 Å². The van der Waals surface area contributed by atoms with Gasteiger partial charge in [0.2, 0.25) is 12.2 Å². The summed E-state index contributed by atoms with van der Waals surface area (Å²) in [7, 11) is 0. The van der Waals surface area contributed by atoms with Gasteiger partial charge in [-0.15, -0.1) is 0 Å². The molecule has 0 bridgehead atoms. The number of rotatable bonds is 4. The number of nitrogens with zero attached hydrogens (tertiary/aromatic N) is 3. The van der Waals surface area contributed by atoms with E-state index in [1.807, 2.05) is 37.3 Å². The molecule has 3 aromatic rings. The topological polar surface area (TPSA) is 98.0 Å². The van der Waals surface area contributed by atoms with Gasteiger partial charge < -0.3 is 15.0 Å². The molecule has 0 spiro atoms. The number of aromatic nitrogens is 2. The van der Waals surface area contributed by atoms with Crippen molar-refractivity contribution in [3.8, 4) is 23.2 Å². The maximum absolute atomic E-state index is 8.69. The lowest BCUT2D eigenvalue weighted by Gasteiger charge is -2.06.